The lowest BCUT2D eigenvalue weighted by Gasteiger charge is -2.22. The molecule has 76 valence electrons. The van der Waals surface area contributed by atoms with Crippen LogP contribution in [0.15, 0.2) is 24.2 Å². The summed E-state index contributed by atoms with van der Waals surface area (Å²) in [6.45, 7) is 5.56. The molecule has 14 heavy (non-hydrogen) atoms. The molecule has 0 amide bonds. The maximum Gasteiger partial charge on any atom is 0.330 e. The van der Waals surface area contributed by atoms with Crippen molar-refractivity contribution in [2.24, 2.45) is 0 Å². The average molecular weight is 212 g/mol. The van der Waals surface area contributed by atoms with Crippen molar-refractivity contribution in [2.75, 3.05) is 6.54 Å². The number of carboxylic acids is 1. The zero-order chi connectivity index (χ0) is 10.6. The second-order valence-corrected chi connectivity index (χ2v) is 3.83. The zero-order valence-electron chi connectivity index (χ0n) is 7.86. The molecule has 2 N–H and O–H groups in total. The van der Waals surface area contributed by atoms with Crippen molar-refractivity contribution in [1.29, 1.82) is 0 Å². The molecule has 1 aromatic heterocycles. The second-order valence-electron chi connectivity index (χ2n) is 2.94. The van der Waals surface area contributed by atoms with Crippen molar-refractivity contribution in [2.45, 2.75) is 12.5 Å². The molecule has 5 heteroatoms. The molecule has 0 radical (unpaired) electrons. The first-order valence-corrected chi connectivity index (χ1v) is 4.98. The SMILES string of the molecule is C=CCNC(C)(C(=O)O)c1nccs1. The minimum atomic E-state index is -1.12. The molecular weight excluding hydrogens is 200 g/mol. The van der Waals surface area contributed by atoms with E-state index >= 15 is 0 Å². The predicted molar refractivity (Wildman–Crippen MR) is 55.3 cm³/mol. The molecule has 1 aromatic rings. The fourth-order valence-corrected chi connectivity index (χ4v) is 1.76. The molecule has 0 aliphatic heterocycles. The van der Waals surface area contributed by atoms with Gasteiger partial charge in [0.2, 0.25) is 0 Å². The monoisotopic (exact) mass is 212 g/mol. The Morgan fingerprint density at radius 1 is 1.93 bits per heavy atom. The fourth-order valence-electron chi connectivity index (χ4n) is 0.989. The predicted octanol–water partition coefficient (Wildman–Crippen LogP) is 1.22. The van der Waals surface area contributed by atoms with E-state index in [0.29, 0.717) is 11.6 Å². The first-order valence-electron chi connectivity index (χ1n) is 4.10. The van der Waals surface area contributed by atoms with Crippen LogP contribution in [0.5, 0.6) is 0 Å². The molecule has 0 aliphatic rings. The summed E-state index contributed by atoms with van der Waals surface area (Å²) in [5.41, 5.74) is -1.12. The standard InChI is InChI=1S/C9H12N2O2S/c1-3-4-11-9(2,8(12)13)7-10-5-6-14-7/h3,5-6,11H,1,4H2,2H3,(H,12,13). The number of hydrogen-bond acceptors (Lipinski definition) is 4. The van der Waals surface area contributed by atoms with Gasteiger partial charge in [0.05, 0.1) is 0 Å². The minimum Gasteiger partial charge on any atom is -0.480 e. The van der Waals surface area contributed by atoms with Crippen LogP contribution < -0.4 is 5.32 Å². The number of rotatable bonds is 5. The molecule has 0 saturated carbocycles. The van der Waals surface area contributed by atoms with Crippen molar-refractivity contribution >= 4 is 17.3 Å². The van der Waals surface area contributed by atoms with Gasteiger partial charge in [-0.15, -0.1) is 17.9 Å². The Morgan fingerprint density at radius 3 is 3.07 bits per heavy atom. The molecule has 1 atom stereocenters. The summed E-state index contributed by atoms with van der Waals surface area (Å²) in [5, 5.41) is 14.3. The molecule has 0 fully saturated rings. The van der Waals surface area contributed by atoms with Gasteiger partial charge in [-0.3, -0.25) is 5.32 Å². The smallest absolute Gasteiger partial charge is 0.330 e. The third-order valence-electron chi connectivity index (χ3n) is 1.89. The highest BCUT2D eigenvalue weighted by Gasteiger charge is 2.36. The summed E-state index contributed by atoms with van der Waals surface area (Å²) in [5.74, 6) is -0.936. The molecule has 0 spiro atoms. The quantitative estimate of drug-likeness (QED) is 0.720. The van der Waals surface area contributed by atoms with E-state index in [0.717, 1.165) is 0 Å². The number of aliphatic carboxylic acids is 1. The second kappa shape index (κ2) is 4.34. The van der Waals surface area contributed by atoms with Crippen LogP contribution in [0.4, 0.5) is 0 Å². The summed E-state index contributed by atoms with van der Waals surface area (Å²) in [7, 11) is 0. The van der Waals surface area contributed by atoms with E-state index in [-0.39, 0.29) is 0 Å². The van der Waals surface area contributed by atoms with Gasteiger partial charge in [0.25, 0.3) is 0 Å². The lowest BCUT2D eigenvalue weighted by Crippen LogP contribution is -2.46. The molecule has 4 nitrogen and oxygen atoms in total. The molecule has 1 rings (SSSR count). The summed E-state index contributed by atoms with van der Waals surface area (Å²) in [6.07, 6.45) is 3.21. The van der Waals surface area contributed by atoms with Gasteiger partial charge in [0.1, 0.15) is 5.01 Å². The molecule has 0 bridgehead atoms. The summed E-state index contributed by atoms with van der Waals surface area (Å²) < 4.78 is 0. The maximum atomic E-state index is 11.1. The molecule has 0 aliphatic carbocycles. The van der Waals surface area contributed by atoms with Crippen LogP contribution in [0.3, 0.4) is 0 Å². The van der Waals surface area contributed by atoms with Gasteiger partial charge in [-0.25, -0.2) is 9.78 Å². The third-order valence-corrected chi connectivity index (χ3v) is 2.88. The average Bonchev–Trinajstić information content (AvgIpc) is 2.66. The Morgan fingerprint density at radius 2 is 2.64 bits per heavy atom. The summed E-state index contributed by atoms with van der Waals surface area (Å²) in [4.78, 5) is 15.1. The highest BCUT2D eigenvalue weighted by molar-refractivity contribution is 7.09. The number of aromatic nitrogens is 1. The number of carboxylic acid groups (broad SMARTS) is 1. The van der Waals surface area contributed by atoms with Gasteiger partial charge in [0, 0.05) is 18.1 Å². The fraction of sp³-hybridized carbons (Fsp3) is 0.333. The van der Waals surface area contributed by atoms with E-state index in [9.17, 15) is 4.79 Å². The van der Waals surface area contributed by atoms with E-state index in [1.807, 2.05) is 0 Å². The van der Waals surface area contributed by atoms with E-state index in [1.165, 1.54) is 11.3 Å². The Kier molecular flexibility index (Phi) is 3.38. The molecule has 1 heterocycles. The number of nitrogens with one attached hydrogen (secondary N) is 1. The summed E-state index contributed by atoms with van der Waals surface area (Å²) >= 11 is 1.32. The number of nitrogens with zero attached hydrogens (tertiary/aromatic N) is 1. The van der Waals surface area contributed by atoms with Crippen LogP contribution in [0.2, 0.25) is 0 Å². The first kappa shape index (κ1) is 10.9. The third kappa shape index (κ3) is 2.00. The van der Waals surface area contributed by atoms with E-state index in [4.69, 9.17) is 5.11 Å². The topological polar surface area (TPSA) is 62.2 Å². The highest BCUT2D eigenvalue weighted by Crippen LogP contribution is 2.22. The molecule has 0 aromatic carbocycles. The Bertz CT molecular complexity index is 324. The molecule has 0 saturated heterocycles. The van der Waals surface area contributed by atoms with E-state index in [1.54, 1.807) is 24.6 Å². The Balaban J connectivity index is 2.93. The van der Waals surface area contributed by atoms with E-state index in [2.05, 4.69) is 16.9 Å². The largest absolute Gasteiger partial charge is 0.480 e. The van der Waals surface area contributed by atoms with Crippen molar-refractivity contribution in [3.8, 4) is 0 Å². The molecular formula is C9H12N2O2S. The lowest BCUT2D eigenvalue weighted by atomic mass is 10.0. The highest BCUT2D eigenvalue weighted by atomic mass is 32.1. The van der Waals surface area contributed by atoms with Crippen LogP contribution in [-0.2, 0) is 10.3 Å². The van der Waals surface area contributed by atoms with Gasteiger partial charge >= 0.3 is 5.97 Å². The number of thiazole rings is 1. The van der Waals surface area contributed by atoms with Gasteiger partial charge in [0.15, 0.2) is 5.54 Å². The van der Waals surface area contributed by atoms with E-state index < -0.39 is 11.5 Å². The Hall–Kier alpha value is -1.20. The summed E-state index contributed by atoms with van der Waals surface area (Å²) in [6, 6.07) is 0. The van der Waals surface area contributed by atoms with Crippen LogP contribution in [0.25, 0.3) is 0 Å². The van der Waals surface area contributed by atoms with Gasteiger partial charge in [-0.05, 0) is 6.92 Å². The van der Waals surface area contributed by atoms with Crippen LogP contribution >= 0.6 is 11.3 Å². The van der Waals surface area contributed by atoms with Crippen LogP contribution in [0, 0.1) is 0 Å². The normalized spacial score (nSPS) is 14.6. The Labute approximate surface area is 86.3 Å². The number of hydrogen-bond donors (Lipinski definition) is 2. The van der Waals surface area contributed by atoms with Crippen molar-refractivity contribution in [3.63, 3.8) is 0 Å². The van der Waals surface area contributed by atoms with Crippen LogP contribution in [-0.4, -0.2) is 22.6 Å². The van der Waals surface area contributed by atoms with Crippen molar-refractivity contribution in [1.82, 2.24) is 10.3 Å². The van der Waals surface area contributed by atoms with Crippen molar-refractivity contribution in [3.05, 3.63) is 29.2 Å². The first-order chi connectivity index (χ1) is 6.61. The number of carbonyl (C=O) groups is 1. The maximum absolute atomic E-state index is 11.1. The van der Waals surface area contributed by atoms with Gasteiger partial charge in [-0.1, -0.05) is 6.08 Å². The van der Waals surface area contributed by atoms with Gasteiger partial charge in [-0.2, -0.15) is 0 Å². The zero-order valence-corrected chi connectivity index (χ0v) is 8.67. The van der Waals surface area contributed by atoms with Crippen LogP contribution in [0.1, 0.15) is 11.9 Å². The minimum absolute atomic E-state index is 0.433. The van der Waals surface area contributed by atoms with Gasteiger partial charge < -0.3 is 5.11 Å². The lowest BCUT2D eigenvalue weighted by molar-refractivity contribution is -0.144. The van der Waals surface area contributed by atoms with Crippen molar-refractivity contribution < 1.29 is 9.90 Å². The molecule has 1 unspecified atom stereocenters.